The summed E-state index contributed by atoms with van der Waals surface area (Å²) in [5, 5.41) is 23.3. The minimum absolute atomic E-state index is 0.356. The van der Waals surface area contributed by atoms with E-state index in [0.717, 1.165) is 0 Å². The zero-order valence-corrected chi connectivity index (χ0v) is 20.1. The number of H-pyrrole nitrogens is 2. The van der Waals surface area contributed by atoms with E-state index in [1.807, 2.05) is 0 Å². The van der Waals surface area contributed by atoms with Gasteiger partial charge in [0.2, 0.25) is 0 Å². The number of hydrogen-bond acceptors (Lipinski definition) is 8. The van der Waals surface area contributed by atoms with Crippen LogP contribution in [0.3, 0.4) is 0 Å². The summed E-state index contributed by atoms with van der Waals surface area (Å²) in [6, 6.07) is 6.73. The van der Waals surface area contributed by atoms with E-state index in [9.17, 15) is 19.8 Å². The second-order valence-corrected chi connectivity index (χ2v) is 8.64. The van der Waals surface area contributed by atoms with Gasteiger partial charge < -0.3 is 39.1 Å². The van der Waals surface area contributed by atoms with Gasteiger partial charge in [-0.1, -0.05) is 0 Å². The van der Waals surface area contributed by atoms with Crippen molar-refractivity contribution < 1.29 is 38.7 Å². The molecule has 1 fully saturated rings. The van der Waals surface area contributed by atoms with E-state index < -0.39 is 35.6 Å². The second kappa shape index (κ2) is 8.89. The molecule has 1 saturated carbocycles. The Balaban J connectivity index is 1.60. The number of benzene rings is 2. The molecule has 10 heteroatoms. The molecule has 36 heavy (non-hydrogen) atoms. The van der Waals surface area contributed by atoms with Gasteiger partial charge in [0.15, 0.2) is 11.6 Å². The molecule has 2 aromatic carbocycles. The Morgan fingerprint density at radius 3 is 1.36 bits per heavy atom. The van der Waals surface area contributed by atoms with Crippen molar-refractivity contribution in [2.75, 3.05) is 28.4 Å². The van der Waals surface area contributed by atoms with Crippen molar-refractivity contribution in [1.29, 1.82) is 0 Å². The highest BCUT2D eigenvalue weighted by molar-refractivity contribution is 6.11. The van der Waals surface area contributed by atoms with Gasteiger partial charge in [-0.2, -0.15) is 0 Å². The van der Waals surface area contributed by atoms with Gasteiger partial charge in [0.05, 0.1) is 51.3 Å². The number of nitrogens with one attached hydrogen (secondary N) is 2. The quantitative estimate of drug-likeness (QED) is 0.320. The zero-order valence-electron chi connectivity index (χ0n) is 20.1. The maximum atomic E-state index is 13.5. The topological polar surface area (TPSA) is 143 Å². The van der Waals surface area contributed by atoms with Gasteiger partial charge in [-0.05, 0) is 11.1 Å². The number of carbonyl (C=O) groups excluding carboxylic acids is 2. The van der Waals surface area contributed by atoms with Crippen LogP contribution in [-0.2, 0) is 9.59 Å². The number of aromatic nitrogens is 2. The molecule has 4 unspecified atom stereocenters. The lowest BCUT2D eigenvalue weighted by molar-refractivity contribution is -0.149. The van der Waals surface area contributed by atoms with Gasteiger partial charge in [0.25, 0.3) is 0 Å². The Morgan fingerprint density at radius 2 is 1.03 bits per heavy atom. The number of Topliss-reactive ketones (excluding diaryl/α,β-unsaturated/α-hetero) is 2. The second-order valence-electron chi connectivity index (χ2n) is 8.64. The average molecular weight is 495 g/mol. The minimum Gasteiger partial charge on any atom is -0.497 e. The molecule has 4 atom stereocenters. The summed E-state index contributed by atoms with van der Waals surface area (Å²) in [4.78, 5) is 33.2. The number of ether oxygens (including phenoxy) is 4. The Bertz CT molecular complexity index is 1370. The summed E-state index contributed by atoms with van der Waals surface area (Å²) in [7, 11) is 5.98. The number of fused-ring (bicyclic) bond motifs is 2. The van der Waals surface area contributed by atoms with E-state index in [4.69, 9.17) is 18.9 Å². The number of aromatic amines is 2. The molecule has 1 aliphatic carbocycles. The van der Waals surface area contributed by atoms with Crippen molar-refractivity contribution in [2.24, 2.45) is 0 Å². The molecule has 0 amide bonds. The van der Waals surface area contributed by atoms with Crippen LogP contribution in [-0.4, -0.2) is 72.4 Å². The maximum Gasteiger partial charge on any atom is 0.172 e. The summed E-state index contributed by atoms with van der Waals surface area (Å²) in [5.41, 5.74) is 1.91. The largest absolute Gasteiger partial charge is 0.497 e. The average Bonchev–Trinajstić information content (AvgIpc) is 3.51. The van der Waals surface area contributed by atoms with E-state index >= 15 is 0 Å². The van der Waals surface area contributed by atoms with Crippen LogP contribution in [0.25, 0.3) is 21.8 Å². The molecule has 10 nitrogen and oxygen atoms in total. The fourth-order valence-electron chi connectivity index (χ4n) is 5.16. The summed E-state index contributed by atoms with van der Waals surface area (Å²) in [6.45, 7) is 0. The lowest BCUT2D eigenvalue weighted by atomic mass is 9.70. The standard InChI is InChI=1S/C26H26N2O8/c1-33-11-5-15-19(17(7-11)35-3)13(9-27-15)21-23(29)25(31)22(26(32)24(21)30)14-10-28-16-6-12(34-2)8-18(36-4)20(14)16/h5-10,21-23,26-29,32H,1-4H3. The molecule has 5 rings (SSSR count). The van der Waals surface area contributed by atoms with Gasteiger partial charge in [0.1, 0.15) is 35.2 Å². The number of carbonyl (C=O) groups is 2. The van der Waals surface area contributed by atoms with Gasteiger partial charge >= 0.3 is 0 Å². The van der Waals surface area contributed by atoms with Crippen LogP contribution < -0.4 is 18.9 Å². The summed E-state index contributed by atoms with van der Waals surface area (Å²) < 4.78 is 21.6. The molecule has 1 aliphatic rings. The van der Waals surface area contributed by atoms with E-state index in [0.29, 0.717) is 55.9 Å². The predicted molar refractivity (Wildman–Crippen MR) is 130 cm³/mol. The fourth-order valence-corrected chi connectivity index (χ4v) is 5.16. The van der Waals surface area contributed by atoms with Crippen LogP contribution in [0.2, 0.25) is 0 Å². The summed E-state index contributed by atoms with van der Waals surface area (Å²) in [6.07, 6.45) is -0.295. The van der Waals surface area contributed by atoms with Gasteiger partial charge in [-0.25, -0.2) is 0 Å². The first-order valence-electron chi connectivity index (χ1n) is 11.2. The molecular formula is C26H26N2O8. The normalized spacial score (nSPS) is 22.3. The monoisotopic (exact) mass is 494 g/mol. The molecule has 188 valence electrons. The van der Waals surface area contributed by atoms with Crippen molar-refractivity contribution in [1.82, 2.24) is 9.97 Å². The van der Waals surface area contributed by atoms with Crippen molar-refractivity contribution >= 4 is 33.4 Å². The number of rotatable bonds is 6. The Morgan fingerprint density at radius 1 is 0.639 bits per heavy atom. The third-order valence-corrected chi connectivity index (χ3v) is 6.90. The molecule has 4 N–H and O–H groups in total. The summed E-state index contributed by atoms with van der Waals surface area (Å²) in [5.74, 6) is -2.05. The van der Waals surface area contributed by atoms with Crippen molar-refractivity contribution in [2.45, 2.75) is 24.0 Å². The van der Waals surface area contributed by atoms with E-state index in [-0.39, 0.29) is 0 Å². The lowest BCUT2D eigenvalue weighted by Crippen LogP contribution is -2.51. The highest BCUT2D eigenvalue weighted by Crippen LogP contribution is 2.45. The van der Waals surface area contributed by atoms with Crippen LogP contribution in [0.4, 0.5) is 0 Å². The van der Waals surface area contributed by atoms with Crippen LogP contribution in [0, 0.1) is 0 Å². The predicted octanol–water partition coefficient (Wildman–Crippen LogP) is 2.42. The Labute approximate surface area is 205 Å². The third kappa shape index (κ3) is 3.41. The maximum absolute atomic E-state index is 13.5. The fraction of sp³-hybridized carbons (Fsp3) is 0.308. The van der Waals surface area contributed by atoms with E-state index in [2.05, 4.69) is 9.97 Å². The van der Waals surface area contributed by atoms with Crippen molar-refractivity contribution in [3.8, 4) is 23.0 Å². The molecule has 0 spiro atoms. The van der Waals surface area contributed by atoms with Crippen LogP contribution in [0.15, 0.2) is 36.7 Å². The van der Waals surface area contributed by atoms with Gasteiger partial charge in [-0.3, -0.25) is 9.59 Å². The SMILES string of the molecule is COc1cc(OC)c2c(C3C(=O)C(O)C(c4c[nH]c5cc(OC)cc(OC)c45)C(=O)C3O)c[nH]c2c1. The molecule has 0 saturated heterocycles. The Hall–Kier alpha value is -4.02. The molecule has 2 heterocycles. The molecule has 4 aromatic rings. The number of hydrogen-bond donors (Lipinski definition) is 4. The number of aliphatic hydroxyl groups excluding tert-OH is 2. The highest BCUT2D eigenvalue weighted by atomic mass is 16.5. The molecule has 2 aromatic heterocycles. The number of methoxy groups -OCH3 is 4. The molecular weight excluding hydrogens is 468 g/mol. The van der Waals surface area contributed by atoms with Gasteiger partial charge in [-0.15, -0.1) is 0 Å². The first-order chi connectivity index (χ1) is 17.3. The smallest absolute Gasteiger partial charge is 0.172 e. The lowest BCUT2D eigenvalue weighted by Gasteiger charge is -2.34. The molecule has 0 bridgehead atoms. The number of aliphatic hydroxyl groups is 2. The third-order valence-electron chi connectivity index (χ3n) is 6.90. The van der Waals surface area contributed by atoms with Crippen molar-refractivity contribution in [3.05, 3.63) is 47.8 Å². The molecule has 0 radical (unpaired) electrons. The van der Waals surface area contributed by atoms with Gasteiger partial charge in [0, 0.05) is 47.4 Å². The van der Waals surface area contributed by atoms with E-state index in [1.54, 1.807) is 36.7 Å². The Kier molecular flexibility index (Phi) is 5.85. The van der Waals surface area contributed by atoms with Crippen LogP contribution in [0.1, 0.15) is 23.0 Å². The van der Waals surface area contributed by atoms with Crippen LogP contribution in [0.5, 0.6) is 23.0 Å². The first kappa shape index (κ1) is 23.7. The van der Waals surface area contributed by atoms with Crippen molar-refractivity contribution in [3.63, 3.8) is 0 Å². The van der Waals surface area contributed by atoms with Crippen LogP contribution >= 0.6 is 0 Å². The zero-order chi connectivity index (χ0) is 25.7. The first-order valence-corrected chi connectivity index (χ1v) is 11.2. The van der Waals surface area contributed by atoms with E-state index in [1.165, 1.54) is 28.4 Å². The minimum atomic E-state index is -1.69. The molecule has 0 aliphatic heterocycles. The number of ketones is 2. The highest BCUT2D eigenvalue weighted by Gasteiger charge is 2.51. The summed E-state index contributed by atoms with van der Waals surface area (Å²) >= 11 is 0.